The first-order valence-electron chi connectivity index (χ1n) is 5.98. The lowest BCUT2D eigenvalue weighted by Crippen LogP contribution is -2.17. The third-order valence-corrected chi connectivity index (χ3v) is 2.55. The topological polar surface area (TPSA) is 38.7 Å². The summed E-state index contributed by atoms with van der Waals surface area (Å²) in [5.41, 5.74) is 0.394. The van der Waals surface area contributed by atoms with E-state index < -0.39 is 30.0 Å². The number of hydrogen-bond donors (Lipinski definition) is 1. The van der Waals surface area contributed by atoms with E-state index in [9.17, 15) is 31.4 Å². The lowest BCUT2D eigenvalue weighted by atomic mass is 10.0. The summed E-state index contributed by atoms with van der Waals surface area (Å²) in [6, 6.07) is 7.29. The van der Waals surface area contributed by atoms with Gasteiger partial charge in [-0.1, -0.05) is 12.1 Å². The van der Waals surface area contributed by atoms with Crippen LogP contribution in [0.5, 0.6) is 17.2 Å². The van der Waals surface area contributed by atoms with Crippen molar-refractivity contribution in [2.24, 2.45) is 0 Å². The number of phenolic OH excluding ortho intramolecular Hbond substituents is 1. The third kappa shape index (κ3) is 5.28. The van der Waals surface area contributed by atoms with Crippen molar-refractivity contribution in [2.75, 3.05) is 0 Å². The van der Waals surface area contributed by atoms with Crippen LogP contribution in [0.2, 0.25) is 0 Å². The van der Waals surface area contributed by atoms with Crippen molar-refractivity contribution < 1.29 is 40.9 Å². The first-order chi connectivity index (χ1) is 10.5. The molecule has 0 bridgehead atoms. The van der Waals surface area contributed by atoms with Crippen molar-refractivity contribution in [2.45, 2.75) is 12.7 Å². The molecule has 0 aliphatic rings. The Morgan fingerprint density at radius 2 is 1.17 bits per heavy atom. The van der Waals surface area contributed by atoms with Crippen LogP contribution in [0.1, 0.15) is 0 Å². The highest BCUT2D eigenvalue weighted by molar-refractivity contribution is 5.67. The minimum Gasteiger partial charge on any atom is -0.508 e. The number of hydrogen-bond acceptors (Lipinski definition) is 3. The Morgan fingerprint density at radius 1 is 0.652 bits per heavy atom. The molecule has 0 heterocycles. The van der Waals surface area contributed by atoms with Crippen LogP contribution in [0, 0.1) is 0 Å². The Kier molecular flexibility index (Phi) is 4.31. The monoisotopic (exact) mass is 338 g/mol. The molecule has 0 aliphatic heterocycles. The van der Waals surface area contributed by atoms with Crippen LogP contribution in [0.15, 0.2) is 42.5 Å². The second-order valence-corrected chi connectivity index (χ2v) is 4.34. The van der Waals surface area contributed by atoms with Gasteiger partial charge in [-0.15, -0.1) is 26.3 Å². The van der Waals surface area contributed by atoms with Gasteiger partial charge >= 0.3 is 12.7 Å². The maximum atomic E-state index is 12.2. The van der Waals surface area contributed by atoms with E-state index in [0.29, 0.717) is 0 Å². The molecule has 0 unspecified atom stereocenters. The molecule has 0 amide bonds. The zero-order valence-electron chi connectivity index (χ0n) is 11.1. The van der Waals surface area contributed by atoms with E-state index in [0.717, 1.165) is 30.3 Å². The highest BCUT2D eigenvalue weighted by Gasteiger charge is 2.32. The summed E-state index contributed by atoms with van der Waals surface area (Å²) in [4.78, 5) is 0. The smallest absolute Gasteiger partial charge is 0.508 e. The largest absolute Gasteiger partial charge is 0.573 e. The lowest BCUT2D eigenvalue weighted by Gasteiger charge is -2.12. The van der Waals surface area contributed by atoms with Gasteiger partial charge in [0.15, 0.2) is 0 Å². The SMILES string of the molecule is Oc1cc(OC(F)(F)F)cc(-c2ccc(OC(F)(F)F)cc2)c1. The zero-order valence-corrected chi connectivity index (χ0v) is 11.1. The summed E-state index contributed by atoms with van der Waals surface area (Å²) in [5.74, 6) is -1.62. The Balaban J connectivity index is 2.28. The summed E-state index contributed by atoms with van der Waals surface area (Å²) >= 11 is 0. The Hall–Kier alpha value is -2.58. The predicted molar refractivity (Wildman–Crippen MR) is 66.9 cm³/mol. The molecule has 2 aromatic carbocycles. The summed E-state index contributed by atoms with van der Waals surface area (Å²) in [6.45, 7) is 0. The lowest BCUT2D eigenvalue weighted by molar-refractivity contribution is -0.275. The Bertz CT molecular complexity index is 676. The predicted octanol–water partition coefficient (Wildman–Crippen LogP) is 4.86. The summed E-state index contributed by atoms with van der Waals surface area (Å²) in [7, 11) is 0. The van der Waals surface area contributed by atoms with Gasteiger partial charge in [0.05, 0.1) is 0 Å². The second kappa shape index (κ2) is 5.90. The highest BCUT2D eigenvalue weighted by atomic mass is 19.4. The molecule has 3 nitrogen and oxygen atoms in total. The molecule has 1 N–H and O–H groups in total. The molecule has 0 aliphatic carbocycles. The number of phenols is 1. The fourth-order valence-corrected chi connectivity index (χ4v) is 1.79. The van der Waals surface area contributed by atoms with Crippen LogP contribution in [-0.2, 0) is 0 Å². The Labute approximate surface area is 125 Å². The van der Waals surface area contributed by atoms with Gasteiger partial charge in [-0.25, -0.2) is 0 Å². The van der Waals surface area contributed by atoms with Gasteiger partial charge in [0.25, 0.3) is 0 Å². The van der Waals surface area contributed by atoms with Gasteiger partial charge in [0.1, 0.15) is 17.2 Å². The molecular formula is C14H8F6O3. The maximum Gasteiger partial charge on any atom is 0.573 e. The molecule has 0 saturated heterocycles. The van der Waals surface area contributed by atoms with Crippen molar-refractivity contribution in [3.8, 4) is 28.4 Å². The number of halogens is 6. The molecule has 2 aromatic rings. The normalized spacial score (nSPS) is 12.1. The molecule has 124 valence electrons. The number of rotatable bonds is 3. The van der Waals surface area contributed by atoms with Crippen LogP contribution >= 0.6 is 0 Å². The highest BCUT2D eigenvalue weighted by Crippen LogP contribution is 2.33. The van der Waals surface area contributed by atoms with Crippen LogP contribution in [0.4, 0.5) is 26.3 Å². The van der Waals surface area contributed by atoms with E-state index in [-0.39, 0.29) is 11.1 Å². The van der Waals surface area contributed by atoms with Crippen molar-refractivity contribution in [3.63, 3.8) is 0 Å². The number of alkyl halides is 6. The van der Waals surface area contributed by atoms with Crippen molar-refractivity contribution in [3.05, 3.63) is 42.5 Å². The number of benzene rings is 2. The van der Waals surface area contributed by atoms with Gasteiger partial charge in [-0.3, -0.25) is 0 Å². The van der Waals surface area contributed by atoms with Crippen LogP contribution in [0.3, 0.4) is 0 Å². The van der Waals surface area contributed by atoms with Crippen LogP contribution < -0.4 is 9.47 Å². The molecule has 0 saturated carbocycles. The molecule has 0 aromatic heterocycles. The van der Waals surface area contributed by atoms with Crippen molar-refractivity contribution >= 4 is 0 Å². The molecule has 0 spiro atoms. The molecule has 2 rings (SSSR count). The minimum atomic E-state index is -4.94. The second-order valence-electron chi connectivity index (χ2n) is 4.34. The van der Waals surface area contributed by atoms with Gasteiger partial charge in [-0.2, -0.15) is 0 Å². The first kappa shape index (κ1) is 16.8. The summed E-state index contributed by atoms with van der Waals surface area (Å²) in [5, 5.41) is 9.44. The molecule has 0 atom stereocenters. The molecular weight excluding hydrogens is 330 g/mol. The molecule has 23 heavy (non-hydrogen) atoms. The third-order valence-electron chi connectivity index (χ3n) is 2.55. The van der Waals surface area contributed by atoms with Crippen molar-refractivity contribution in [1.82, 2.24) is 0 Å². The van der Waals surface area contributed by atoms with E-state index in [1.807, 2.05) is 0 Å². The van der Waals surface area contributed by atoms with Gasteiger partial charge < -0.3 is 14.6 Å². The standard InChI is InChI=1S/C14H8F6O3/c15-13(16,17)22-11-3-1-8(2-4-11)9-5-10(21)7-12(6-9)23-14(18,19)20/h1-7,21H. The minimum absolute atomic E-state index is 0.128. The van der Waals surface area contributed by atoms with E-state index in [1.54, 1.807) is 0 Å². The average Bonchev–Trinajstić information content (AvgIpc) is 2.34. The fourth-order valence-electron chi connectivity index (χ4n) is 1.79. The quantitative estimate of drug-likeness (QED) is 0.813. The summed E-state index contributed by atoms with van der Waals surface area (Å²) in [6.07, 6.45) is -9.78. The number of ether oxygens (including phenoxy) is 2. The average molecular weight is 338 g/mol. The molecule has 0 radical (unpaired) electrons. The van der Waals surface area contributed by atoms with E-state index in [2.05, 4.69) is 9.47 Å². The van der Waals surface area contributed by atoms with Crippen LogP contribution in [-0.4, -0.2) is 17.8 Å². The van der Waals surface area contributed by atoms with Gasteiger partial charge in [-0.05, 0) is 35.4 Å². The maximum absolute atomic E-state index is 12.2. The van der Waals surface area contributed by atoms with Gasteiger partial charge in [0.2, 0.25) is 0 Å². The zero-order chi connectivity index (χ0) is 17.3. The van der Waals surface area contributed by atoms with Gasteiger partial charge in [0, 0.05) is 6.07 Å². The molecule has 0 fully saturated rings. The molecule has 9 heteroatoms. The first-order valence-corrected chi connectivity index (χ1v) is 5.98. The van der Waals surface area contributed by atoms with Crippen molar-refractivity contribution in [1.29, 1.82) is 0 Å². The summed E-state index contributed by atoms with van der Waals surface area (Å²) < 4.78 is 80.1. The van der Waals surface area contributed by atoms with E-state index in [1.165, 1.54) is 12.1 Å². The Morgan fingerprint density at radius 3 is 1.70 bits per heavy atom. The fraction of sp³-hybridized carbons (Fsp3) is 0.143. The van der Waals surface area contributed by atoms with E-state index >= 15 is 0 Å². The van der Waals surface area contributed by atoms with E-state index in [4.69, 9.17) is 0 Å². The van der Waals surface area contributed by atoms with Crippen LogP contribution in [0.25, 0.3) is 11.1 Å². The number of aromatic hydroxyl groups is 1.